The summed E-state index contributed by atoms with van der Waals surface area (Å²) in [6, 6.07) is 5.83. The van der Waals surface area contributed by atoms with Crippen LogP contribution in [0.2, 0.25) is 0 Å². The van der Waals surface area contributed by atoms with Gasteiger partial charge in [-0.15, -0.1) is 0 Å². The number of sulfonamides is 1. The van der Waals surface area contributed by atoms with Gasteiger partial charge in [0.05, 0.1) is 4.90 Å². The van der Waals surface area contributed by atoms with Crippen molar-refractivity contribution in [3.63, 3.8) is 0 Å². The number of hydrogen-bond donors (Lipinski definition) is 2. The van der Waals surface area contributed by atoms with Gasteiger partial charge in [-0.2, -0.15) is 0 Å². The standard InChI is InChI=1S/C18H26N4O5S/c1-5-21-9-10-22(17(25)16(21)24)12-15(23)19-13-7-6-8-14(11-13)28(26,27)20-18(2,3)4/h6-8,11,20H,5,9-10,12H2,1-4H3,(H,19,23). The molecular weight excluding hydrogens is 384 g/mol. The zero-order valence-corrected chi connectivity index (χ0v) is 17.3. The highest BCUT2D eigenvalue weighted by atomic mass is 32.2. The zero-order chi connectivity index (χ0) is 21.1. The second-order valence-corrected chi connectivity index (χ2v) is 9.23. The Kier molecular flexibility index (Phi) is 6.45. The van der Waals surface area contributed by atoms with E-state index in [-0.39, 0.29) is 23.7 Å². The van der Waals surface area contributed by atoms with Crippen molar-refractivity contribution in [2.24, 2.45) is 0 Å². The van der Waals surface area contributed by atoms with Crippen molar-refractivity contribution in [3.8, 4) is 0 Å². The Morgan fingerprint density at radius 3 is 2.32 bits per heavy atom. The number of likely N-dealkylation sites (N-methyl/N-ethyl adjacent to an activating group) is 1. The van der Waals surface area contributed by atoms with Crippen LogP contribution in [0.5, 0.6) is 0 Å². The molecule has 0 radical (unpaired) electrons. The van der Waals surface area contributed by atoms with Crippen LogP contribution in [0.15, 0.2) is 29.2 Å². The van der Waals surface area contributed by atoms with Gasteiger partial charge < -0.3 is 15.1 Å². The molecule has 1 heterocycles. The Hall–Kier alpha value is -2.46. The number of nitrogens with zero attached hydrogens (tertiary/aromatic N) is 2. The molecule has 0 saturated carbocycles. The lowest BCUT2D eigenvalue weighted by Gasteiger charge is -2.32. The first-order valence-corrected chi connectivity index (χ1v) is 10.4. The van der Waals surface area contributed by atoms with Crippen LogP contribution in [0.4, 0.5) is 5.69 Å². The number of piperazine rings is 1. The van der Waals surface area contributed by atoms with Gasteiger partial charge in [0.2, 0.25) is 15.9 Å². The number of carbonyl (C=O) groups excluding carboxylic acids is 3. The molecule has 0 spiro atoms. The van der Waals surface area contributed by atoms with Crippen molar-refractivity contribution in [1.29, 1.82) is 0 Å². The first-order valence-electron chi connectivity index (χ1n) is 8.95. The molecule has 1 aromatic rings. The largest absolute Gasteiger partial charge is 0.333 e. The van der Waals surface area contributed by atoms with Crippen molar-refractivity contribution >= 4 is 33.4 Å². The first kappa shape index (κ1) is 21.8. The Balaban J connectivity index is 2.05. The van der Waals surface area contributed by atoms with Crippen LogP contribution in [-0.4, -0.2) is 67.7 Å². The van der Waals surface area contributed by atoms with Crippen LogP contribution in [0, 0.1) is 0 Å². The maximum Gasteiger partial charge on any atom is 0.312 e. The number of amides is 3. The van der Waals surface area contributed by atoms with Gasteiger partial charge >= 0.3 is 11.8 Å². The van der Waals surface area contributed by atoms with Crippen LogP contribution in [-0.2, 0) is 24.4 Å². The SMILES string of the molecule is CCN1CCN(CC(=O)Nc2cccc(S(=O)(=O)NC(C)(C)C)c2)C(=O)C1=O. The van der Waals surface area contributed by atoms with Gasteiger partial charge in [-0.25, -0.2) is 13.1 Å². The van der Waals surface area contributed by atoms with E-state index in [1.54, 1.807) is 33.8 Å². The molecule has 10 heteroatoms. The third kappa shape index (κ3) is 5.52. The van der Waals surface area contributed by atoms with Crippen molar-refractivity contribution in [2.45, 2.75) is 38.1 Å². The normalized spacial score (nSPS) is 15.7. The van der Waals surface area contributed by atoms with E-state index in [0.717, 1.165) is 0 Å². The summed E-state index contributed by atoms with van der Waals surface area (Å²) in [5.74, 6) is -1.85. The van der Waals surface area contributed by atoms with E-state index in [1.807, 2.05) is 0 Å². The van der Waals surface area contributed by atoms with Gasteiger partial charge in [-0.05, 0) is 45.9 Å². The third-order valence-corrected chi connectivity index (χ3v) is 5.74. The van der Waals surface area contributed by atoms with Crippen LogP contribution in [0.1, 0.15) is 27.7 Å². The van der Waals surface area contributed by atoms with E-state index in [1.165, 1.54) is 28.0 Å². The van der Waals surface area contributed by atoms with Gasteiger partial charge in [-0.3, -0.25) is 14.4 Å². The highest BCUT2D eigenvalue weighted by Gasteiger charge is 2.32. The van der Waals surface area contributed by atoms with Crippen LogP contribution in [0.25, 0.3) is 0 Å². The number of benzene rings is 1. The summed E-state index contributed by atoms with van der Waals surface area (Å²) in [7, 11) is -3.74. The van der Waals surface area contributed by atoms with Crippen molar-refractivity contribution in [2.75, 3.05) is 31.5 Å². The number of nitrogens with one attached hydrogen (secondary N) is 2. The molecule has 2 rings (SSSR count). The molecule has 1 aliphatic rings. The lowest BCUT2D eigenvalue weighted by atomic mass is 10.1. The van der Waals surface area contributed by atoms with Crippen molar-refractivity contribution in [3.05, 3.63) is 24.3 Å². The van der Waals surface area contributed by atoms with Gasteiger partial charge in [0.15, 0.2) is 0 Å². The fourth-order valence-corrected chi connectivity index (χ4v) is 4.21. The van der Waals surface area contributed by atoms with Crippen LogP contribution >= 0.6 is 0 Å². The average Bonchev–Trinajstić information content (AvgIpc) is 2.57. The molecule has 0 unspecified atom stereocenters. The van der Waals surface area contributed by atoms with Crippen LogP contribution in [0.3, 0.4) is 0 Å². The van der Waals surface area contributed by atoms with Gasteiger partial charge in [0.25, 0.3) is 0 Å². The summed E-state index contributed by atoms with van der Waals surface area (Å²) < 4.78 is 27.4. The maximum absolute atomic E-state index is 12.4. The Labute approximate surface area is 165 Å². The molecular formula is C18H26N4O5S. The fraction of sp³-hybridized carbons (Fsp3) is 0.500. The summed E-state index contributed by atoms with van der Waals surface area (Å²) in [5, 5.41) is 2.58. The predicted molar refractivity (Wildman–Crippen MR) is 104 cm³/mol. The number of rotatable bonds is 6. The minimum absolute atomic E-state index is 0.0167. The first-order chi connectivity index (χ1) is 12.9. The quantitative estimate of drug-likeness (QED) is 0.659. The van der Waals surface area contributed by atoms with E-state index >= 15 is 0 Å². The summed E-state index contributed by atoms with van der Waals surface area (Å²) in [6.07, 6.45) is 0. The van der Waals surface area contributed by atoms with Gasteiger partial charge in [0.1, 0.15) is 6.54 Å². The molecule has 1 aliphatic heterocycles. The van der Waals surface area contributed by atoms with E-state index in [2.05, 4.69) is 10.0 Å². The zero-order valence-electron chi connectivity index (χ0n) is 16.5. The molecule has 2 N–H and O–H groups in total. The maximum atomic E-state index is 12.4. The summed E-state index contributed by atoms with van der Waals surface area (Å²) in [4.78, 5) is 38.9. The average molecular weight is 410 g/mol. The van der Waals surface area contributed by atoms with Crippen molar-refractivity contribution in [1.82, 2.24) is 14.5 Å². The van der Waals surface area contributed by atoms with E-state index in [9.17, 15) is 22.8 Å². The highest BCUT2D eigenvalue weighted by Crippen LogP contribution is 2.17. The number of anilines is 1. The molecule has 3 amide bonds. The second-order valence-electron chi connectivity index (χ2n) is 7.54. The molecule has 9 nitrogen and oxygen atoms in total. The fourth-order valence-electron chi connectivity index (χ4n) is 2.74. The molecule has 0 atom stereocenters. The minimum Gasteiger partial charge on any atom is -0.333 e. The molecule has 1 saturated heterocycles. The monoisotopic (exact) mass is 410 g/mol. The third-order valence-electron chi connectivity index (χ3n) is 3.98. The topological polar surface area (TPSA) is 116 Å². The smallest absolute Gasteiger partial charge is 0.312 e. The van der Waals surface area contributed by atoms with E-state index in [4.69, 9.17) is 0 Å². The number of hydrogen-bond acceptors (Lipinski definition) is 5. The Morgan fingerprint density at radius 2 is 1.71 bits per heavy atom. The molecule has 0 bridgehead atoms. The number of carbonyl (C=O) groups is 3. The molecule has 0 aliphatic carbocycles. The lowest BCUT2D eigenvalue weighted by molar-refractivity contribution is -0.156. The molecule has 0 aromatic heterocycles. The Bertz CT molecular complexity index is 876. The molecule has 28 heavy (non-hydrogen) atoms. The second kappa shape index (κ2) is 8.27. The highest BCUT2D eigenvalue weighted by molar-refractivity contribution is 7.89. The van der Waals surface area contributed by atoms with E-state index < -0.39 is 33.3 Å². The van der Waals surface area contributed by atoms with Crippen LogP contribution < -0.4 is 10.0 Å². The molecule has 1 fully saturated rings. The van der Waals surface area contributed by atoms with Gasteiger partial charge in [-0.1, -0.05) is 6.07 Å². The Morgan fingerprint density at radius 1 is 1.11 bits per heavy atom. The van der Waals surface area contributed by atoms with Crippen molar-refractivity contribution < 1.29 is 22.8 Å². The lowest BCUT2D eigenvalue weighted by Crippen LogP contribution is -2.55. The molecule has 154 valence electrons. The molecule has 1 aromatic carbocycles. The predicted octanol–water partition coefficient (Wildman–Crippen LogP) is 0.393. The summed E-state index contributed by atoms with van der Waals surface area (Å²) in [5.41, 5.74) is -0.362. The van der Waals surface area contributed by atoms with E-state index in [0.29, 0.717) is 13.1 Å². The minimum atomic E-state index is -3.74. The summed E-state index contributed by atoms with van der Waals surface area (Å²) in [6.45, 7) is 7.78. The van der Waals surface area contributed by atoms with Gasteiger partial charge in [0, 0.05) is 30.9 Å². The summed E-state index contributed by atoms with van der Waals surface area (Å²) >= 11 is 0.